The summed E-state index contributed by atoms with van der Waals surface area (Å²) in [4.78, 5) is 11.3. The Kier molecular flexibility index (Phi) is 3.64. The summed E-state index contributed by atoms with van der Waals surface area (Å²) >= 11 is 5.61. The number of halogens is 4. The van der Waals surface area contributed by atoms with Crippen LogP contribution in [0, 0.1) is 0 Å². The van der Waals surface area contributed by atoms with Crippen molar-refractivity contribution in [2.24, 2.45) is 0 Å². The van der Waals surface area contributed by atoms with Gasteiger partial charge in [-0.25, -0.2) is 0 Å². The van der Waals surface area contributed by atoms with Gasteiger partial charge in [0.1, 0.15) is 5.78 Å². The quantitative estimate of drug-likeness (QED) is 0.781. The third-order valence-corrected chi connectivity index (χ3v) is 3.10. The second-order valence-corrected chi connectivity index (χ2v) is 4.50. The van der Waals surface area contributed by atoms with E-state index >= 15 is 0 Å². The average molecular weight is 279 g/mol. The number of rotatable bonds is 1. The summed E-state index contributed by atoms with van der Waals surface area (Å²) in [7, 11) is 0. The second kappa shape index (κ2) is 4.90. The van der Waals surface area contributed by atoms with Crippen molar-refractivity contribution >= 4 is 17.4 Å². The molecule has 1 atom stereocenters. The summed E-state index contributed by atoms with van der Waals surface area (Å²) in [5.41, 5.74) is -0.379. The van der Waals surface area contributed by atoms with Gasteiger partial charge in [-0.2, -0.15) is 13.2 Å². The van der Waals surface area contributed by atoms with E-state index in [1.165, 1.54) is 12.1 Å². The number of carbonyl (C=O) groups excluding carboxylic acids is 1. The van der Waals surface area contributed by atoms with Gasteiger partial charge in [0.15, 0.2) is 0 Å². The lowest BCUT2D eigenvalue weighted by atomic mass is 9.99. The molecule has 0 saturated carbocycles. The van der Waals surface area contributed by atoms with E-state index in [-0.39, 0.29) is 17.2 Å². The molecule has 2 nitrogen and oxygen atoms in total. The van der Waals surface area contributed by atoms with Crippen molar-refractivity contribution in [2.75, 3.05) is 6.61 Å². The fraction of sp³-hybridized carbons (Fsp3) is 0.417. The fourth-order valence-electron chi connectivity index (χ4n) is 1.86. The van der Waals surface area contributed by atoms with Crippen LogP contribution in [0.5, 0.6) is 0 Å². The van der Waals surface area contributed by atoms with Crippen LogP contribution in [0.1, 0.15) is 30.1 Å². The number of hydrogen-bond acceptors (Lipinski definition) is 2. The largest absolute Gasteiger partial charge is 0.417 e. The predicted octanol–water partition coefficient (Wildman–Crippen LogP) is 3.78. The molecule has 0 aromatic heterocycles. The third-order valence-electron chi connectivity index (χ3n) is 2.78. The van der Waals surface area contributed by atoms with Crippen molar-refractivity contribution in [2.45, 2.75) is 25.1 Å². The average Bonchev–Trinajstić information content (AvgIpc) is 2.27. The number of Topliss-reactive ketones (excluding diaryl/α,β-unsaturated/α-hetero) is 1. The van der Waals surface area contributed by atoms with E-state index in [1.807, 2.05) is 0 Å². The summed E-state index contributed by atoms with van der Waals surface area (Å²) in [5.74, 6) is 0.0438. The van der Waals surface area contributed by atoms with Crippen LogP contribution in [0.25, 0.3) is 0 Å². The highest BCUT2D eigenvalue weighted by molar-refractivity contribution is 6.31. The molecule has 2 rings (SSSR count). The zero-order valence-corrected chi connectivity index (χ0v) is 10.0. The van der Waals surface area contributed by atoms with Crippen molar-refractivity contribution < 1.29 is 22.7 Å². The van der Waals surface area contributed by atoms with Crippen molar-refractivity contribution in [3.63, 3.8) is 0 Å². The Morgan fingerprint density at radius 1 is 1.33 bits per heavy atom. The normalized spacial score (nSPS) is 21.1. The van der Waals surface area contributed by atoms with Crippen LogP contribution in [0.15, 0.2) is 18.2 Å². The molecule has 0 aliphatic carbocycles. The van der Waals surface area contributed by atoms with E-state index < -0.39 is 17.8 Å². The van der Waals surface area contributed by atoms with Crippen molar-refractivity contribution in [3.8, 4) is 0 Å². The molecule has 1 fully saturated rings. The highest BCUT2D eigenvalue weighted by atomic mass is 35.5. The minimum Gasteiger partial charge on any atom is -0.373 e. The SMILES string of the molecule is O=C1CCOC(c2ccc(C(F)(F)F)c(Cl)c2)C1. The highest BCUT2D eigenvalue weighted by Gasteiger charge is 2.33. The van der Waals surface area contributed by atoms with E-state index in [0.29, 0.717) is 18.6 Å². The maximum Gasteiger partial charge on any atom is 0.417 e. The Balaban J connectivity index is 2.26. The molecular weight excluding hydrogens is 269 g/mol. The minimum absolute atomic E-state index is 0.0438. The molecular formula is C12H10ClF3O2. The van der Waals surface area contributed by atoms with Gasteiger partial charge in [-0.1, -0.05) is 17.7 Å². The molecule has 1 heterocycles. The maximum absolute atomic E-state index is 12.5. The van der Waals surface area contributed by atoms with Gasteiger partial charge in [-0.05, 0) is 17.7 Å². The van der Waals surface area contributed by atoms with Crippen molar-refractivity contribution in [1.29, 1.82) is 0 Å². The topological polar surface area (TPSA) is 26.3 Å². The summed E-state index contributed by atoms with van der Waals surface area (Å²) in [6.45, 7) is 0.294. The van der Waals surface area contributed by atoms with E-state index in [1.54, 1.807) is 0 Å². The number of ketones is 1. The first kappa shape index (κ1) is 13.4. The Morgan fingerprint density at radius 3 is 2.61 bits per heavy atom. The molecule has 1 aromatic rings. The standard InChI is InChI=1S/C12H10ClF3O2/c13-10-5-7(1-2-9(10)12(14,15)16)11-6-8(17)3-4-18-11/h1-2,5,11H,3-4,6H2. The number of benzene rings is 1. The molecule has 1 aromatic carbocycles. The monoisotopic (exact) mass is 278 g/mol. The van der Waals surface area contributed by atoms with Gasteiger partial charge in [0, 0.05) is 12.8 Å². The first-order valence-electron chi connectivity index (χ1n) is 5.38. The van der Waals surface area contributed by atoms with Gasteiger partial charge in [-0.3, -0.25) is 4.79 Å². The number of alkyl halides is 3. The van der Waals surface area contributed by atoms with E-state index in [0.717, 1.165) is 6.07 Å². The van der Waals surface area contributed by atoms with Gasteiger partial charge in [-0.15, -0.1) is 0 Å². The molecule has 18 heavy (non-hydrogen) atoms. The first-order valence-corrected chi connectivity index (χ1v) is 5.75. The smallest absolute Gasteiger partial charge is 0.373 e. The number of hydrogen-bond donors (Lipinski definition) is 0. The van der Waals surface area contributed by atoms with Crippen LogP contribution in [0.4, 0.5) is 13.2 Å². The van der Waals surface area contributed by atoms with E-state index in [2.05, 4.69) is 0 Å². The Hall–Kier alpha value is -1.07. The molecule has 0 amide bonds. The summed E-state index contributed by atoms with van der Waals surface area (Å²) < 4.78 is 42.9. The first-order chi connectivity index (χ1) is 8.38. The van der Waals surface area contributed by atoms with Gasteiger partial charge in [0.2, 0.25) is 0 Å². The van der Waals surface area contributed by atoms with Crippen LogP contribution in [-0.2, 0) is 15.7 Å². The van der Waals surface area contributed by atoms with Gasteiger partial charge in [0.05, 0.1) is 23.3 Å². The molecule has 98 valence electrons. The van der Waals surface area contributed by atoms with Gasteiger partial charge >= 0.3 is 6.18 Å². The lowest BCUT2D eigenvalue weighted by Gasteiger charge is -2.22. The summed E-state index contributed by atoms with van der Waals surface area (Å²) in [6.07, 6.45) is -4.43. The van der Waals surface area contributed by atoms with E-state index in [9.17, 15) is 18.0 Å². The lowest BCUT2D eigenvalue weighted by molar-refractivity contribution is -0.137. The number of carbonyl (C=O) groups is 1. The lowest BCUT2D eigenvalue weighted by Crippen LogP contribution is -2.19. The molecule has 1 aliphatic heterocycles. The molecule has 0 N–H and O–H groups in total. The Labute approximate surface area is 107 Å². The molecule has 0 bridgehead atoms. The number of ether oxygens (including phenoxy) is 1. The zero-order chi connectivity index (χ0) is 13.3. The van der Waals surface area contributed by atoms with Gasteiger partial charge in [0.25, 0.3) is 0 Å². The molecule has 6 heteroatoms. The van der Waals surface area contributed by atoms with Crippen LogP contribution in [0.2, 0.25) is 5.02 Å². The zero-order valence-electron chi connectivity index (χ0n) is 9.26. The second-order valence-electron chi connectivity index (χ2n) is 4.09. The van der Waals surface area contributed by atoms with Crippen molar-refractivity contribution in [1.82, 2.24) is 0 Å². The van der Waals surface area contributed by atoms with Gasteiger partial charge < -0.3 is 4.74 Å². The Bertz CT molecular complexity index is 471. The summed E-state index contributed by atoms with van der Waals surface area (Å²) in [5, 5.41) is -0.373. The molecule has 1 unspecified atom stereocenters. The predicted molar refractivity (Wildman–Crippen MR) is 59.4 cm³/mol. The van der Waals surface area contributed by atoms with Crippen LogP contribution in [-0.4, -0.2) is 12.4 Å². The maximum atomic E-state index is 12.5. The molecule has 0 radical (unpaired) electrons. The van der Waals surface area contributed by atoms with E-state index in [4.69, 9.17) is 16.3 Å². The molecule has 1 aliphatic rings. The van der Waals surface area contributed by atoms with Crippen molar-refractivity contribution in [3.05, 3.63) is 34.3 Å². The fourth-order valence-corrected chi connectivity index (χ4v) is 2.15. The Morgan fingerprint density at radius 2 is 2.06 bits per heavy atom. The third kappa shape index (κ3) is 2.84. The van der Waals surface area contributed by atoms with Crippen LogP contribution >= 0.6 is 11.6 Å². The highest BCUT2D eigenvalue weighted by Crippen LogP contribution is 2.37. The summed E-state index contributed by atoms with van der Waals surface area (Å²) in [6, 6.07) is 3.44. The van der Waals surface area contributed by atoms with Crippen LogP contribution < -0.4 is 0 Å². The van der Waals surface area contributed by atoms with Crippen LogP contribution in [0.3, 0.4) is 0 Å². The molecule has 0 spiro atoms. The minimum atomic E-state index is -4.47. The molecule has 1 saturated heterocycles.